The van der Waals surface area contributed by atoms with Crippen molar-refractivity contribution in [2.75, 3.05) is 5.73 Å². The molecule has 0 aliphatic rings. The van der Waals surface area contributed by atoms with Crippen molar-refractivity contribution in [1.29, 1.82) is 0 Å². The fraction of sp³-hybridized carbons (Fsp3) is 0. The van der Waals surface area contributed by atoms with Crippen molar-refractivity contribution in [3.05, 3.63) is 42.5 Å². The van der Waals surface area contributed by atoms with Crippen LogP contribution in [0.3, 0.4) is 0 Å². The molecule has 0 unspecified atom stereocenters. The van der Waals surface area contributed by atoms with Crippen molar-refractivity contribution in [3.8, 4) is 11.5 Å². The second-order valence-corrected chi connectivity index (χ2v) is 3.51. The van der Waals surface area contributed by atoms with Crippen molar-refractivity contribution in [2.24, 2.45) is 0 Å². The Morgan fingerprint density at radius 1 is 0.938 bits per heavy atom. The number of benzene rings is 2. The number of aromatic nitrogens is 2. The highest BCUT2D eigenvalue weighted by molar-refractivity contribution is 5.86. The van der Waals surface area contributed by atoms with E-state index in [9.17, 15) is 0 Å². The van der Waals surface area contributed by atoms with E-state index in [4.69, 9.17) is 10.2 Å². The van der Waals surface area contributed by atoms with Crippen LogP contribution >= 0.6 is 0 Å². The van der Waals surface area contributed by atoms with E-state index in [1.807, 2.05) is 36.4 Å². The Hall–Kier alpha value is -2.36. The Kier molecular flexibility index (Phi) is 1.86. The first-order valence-electron chi connectivity index (χ1n) is 4.91. The third-order valence-corrected chi connectivity index (χ3v) is 2.44. The van der Waals surface area contributed by atoms with Gasteiger partial charge in [-0.15, -0.1) is 5.10 Å². The average molecular weight is 211 g/mol. The molecule has 0 fully saturated rings. The van der Waals surface area contributed by atoms with Crippen LogP contribution in [0.4, 0.5) is 6.01 Å². The summed E-state index contributed by atoms with van der Waals surface area (Å²) in [5.74, 6) is 0.447. The zero-order valence-electron chi connectivity index (χ0n) is 8.42. The number of hydrogen-bond donors (Lipinski definition) is 1. The van der Waals surface area contributed by atoms with E-state index < -0.39 is 0 Å². The molecule has 4 nitrogen and oxygen atoms in total. The highest BCUT2D eigenvalue weighted by atomic mass is 16.4. The van der Waals surface area contributed by atoms with Crippen LogP contribution < -0.4 is 5.73 Å². The number of hydrogen-bond acceptors (Lipinski definition) is 4. The summed E-state index contributed by atoms with van der Waals surface area (Å²) < 4.78 is 5.17. The van der Waals surface area contributed by atoms with E-state index in [0.29, 0.717) is 5.89 Å². The molecule has 0 aliphatic carbocycles. The summed E-state index contributed by atoms with van der Waals surface area (Å²) in [4.78, 5) is 0. The smallest absolute Gasteiger partial charge is 0.313 e. The van der Waals surface area contributed by atoms with Gasteiger partial charge in [0.25, 0.3) is 0 Å². The molecule has 3 rings (SSSR count). The second-order valence-electron chi connectivity index (χ2n) is 3.51. The summed E-state index contributed by atoms with van der Waals surface area (Å²) >= 11 is 0. The SMILES string of the molecule is Nc1nnc(-c2ccc3ccccc3c2)o1. The zero-order chi connectivity index (χ0) is 11.0. The summed E-state index contributed by atoms with van der Waals surface area (Å²) in [5, 5.41) is 9.80. The minimum Gasteiger partial charge on any atom is -0.404 e. The Bertz CT molecular complexity index is 645. The molecule has 1 heterocycles. The summed E-state index contributed by atoms with van der Waals surface area (Å²) in [5.41, 5.74) is 6.27. The van der Waals surface area contributed by atoms with Crippen LogP contribution in [-0.4, -0.2) is 10.2 Å². The fourth-order valence-electron chi connectivity index (χ4n) is 1.67. The van der Waals surface area contributed by atoms with E-state index in [1.165, 1.54) is 5.39 Å². The minimum absolute atomic E-state index is 0.0863. The lowest BCUT2D eigenvalue weighted by Crippen LogP contribution is -1.81. The average Bonchev–Trinajstić information content (AvgIpc) is 2.75. The van der Waals surface area contributed by atoms with Gasteiger partial charge < -0.3 is 10.2 Å². The van der Waals surface area contributed by atoms with Crippen LogP contribution in [0.1, 0.15) is 0 Å². The predicted octanol–water partition coefficient (Wildman–Crippen LogP) is 2.47. The van der Waals surface area contributed by atoms with E-state index in [1.54, 1.807) is 0 Å². The molecule has 0 saturated heterocycles. The Morgan fingerprint density at radius 2 is 1.75 bits per heavy atom. The van der Waals surface area contributed by atoms with Crippen LogP contribution in [0, 0.1) is 0 Å². The molecule has 1 aromatic heterocycles. The third kappa shape index (κ3) is 1.40. The van der Waals surface area contributed by atoms with Gasteiger partial charge in [0.05, 0.1) is 0 Å². The maximum atomic E-state index is 5.39. The zero-order valence-corrected chi connectivity index (χ0v) is 8.42. The van der Waals surface area contributed by atoms with E-state index in [-0.39, 0.29) is 6.01 Å². The first-order chi connectivity index (χ1) is 7.83. The monoisotopic (exact) mass is 211 g/mol. The number of nitrogen functional groups attached to an aromatic ring is 1. The van der Waals surface area contributed by atoms with Crippen LogP contribution in [0.5, 0.6) is 0 Å². The summed E-state index contributed by atoms with van der Waals surface area (Å²) in [6.45, 7) is 0. The minimum atomic E-state index is 0.0863. The van der Waals surface area contributed by atoms with Gasteiger partial charge in [0.2, 0.25) is 5.89 Å². The van der Waals surface area contributed by atoms with Crippen molar-refractivity contribution < 1.29 is 4.42 Å². The van der Waals surface area contributed by atoms with E-state index in [0.717, 1.165) is 10.9 Å². The molecule has 0 aliphatic heterocycles. The highest BCUT2D eigenvalue weighted by Crippen LogP contribution is 2.23. The van der Waals surface area contributed by atoms with Crippen molar-refractivity contribution in [2.45, 2.75) is 0 Å². The van der Waals surface area contributed by atoms with Gasteiger partial charge >= 0.3 is 6.01 Å². The molecule has 0 saturated carbocycles. The molecule has 2 N–H and O–H groups in total. The quantitative estimate of drug-likeness (QED) is 0.671. The maximum absolute atomic E-state index is 5.39. The van der Waals surface area contributed by atoms with E-state index >= 15 is 0 Å². The van der Waals surface area contributed by atoms with Gasteiger partial charge in [-0.3, -0.25) is 0 Å². The van der Waals surface area contributed by atoms with Gasteiger partial charge in [-0.25, -0.2) is 0 Å². The molecule has 0 radical (unpaired) electrons. The molecular formula is C12H9N3O. The molecule has 3 aromatic rings. The van der Waals surface area contributed by atoms with E-state index in [2.05, 4.69) is 16.3 Å². The lowest BCUT2D eigenvalue weighted by atomic mass is 10.1. The number of rotatable bonds is 1. The lowest BCUT2D eigenvalue weighted by Gasteiger charge is -1.99. The molecule has 0 amide bonds. The van der Waals surface area contributed by atoms with Crippen molar-refractivity contribution in [3.63, 3.8) is 0 Å². The standard InChI is InChI=1S/C12H9N3O/c13-12-15-14-11(16-12)10-6-5-8-3-1-2-4-9(8)7-10/h1-7H,(H2,13,15). The number of anilines is 1. The normalized spacial score (nSPS) is 10.8. The highest BCUT2D eigenvalue weighted by Gasteiger charge is 2.06. The Balaban J connectivity index is 2.18. The van der Waals surface area contributed by atoms with Gasteiger partial charge in [-0.1, -0.05) is 35.4 Å². The maximum Gasteiger partial charge on any atom is 0.313 e. The Morgan fingerprint density at radius 3 is 2.50 bits per heavy atom. The molecule has 2 aromatic carbocycles. The molecule has 0 spiro atoms. The predicted molar refractivity (Wildman–Crippen MR) is 61.7 cm³/mol. The van der Waals surface area contributed by atoms with Gasteiger partial charge in [0, 0.05) is 5.56 Å². The number of nitrogens with two attached hydrogens (primary N) is 1. The number of nitrogens with zero attached hydrogens (tertiary/aromatic N) is 2. The van der Waals surface area contributed by atoms with Gasteiger partial charge in [0.15, 0.2) is 0 Å². The van der Waals surface area contributed by atoms with Crippen LogP contribution in [0.2, 0.25) is 0 Å². The van der Waals surface area contributed by atoms with Crippen molar-refractivity contribution >= 4 is 16.8 Å². The number of fused-ring (bicyclic) bond motifs is 1. The first-order valence-corrected chi connectivity index (χ1v) is 4.91. The third-order valence-electron chi connectivity index (χ3n) is 2.44. The lowest BCUT2D eigenvalue weighted by molar-refractivity contribution is 0.590. The summed E-state index contributed by atoms with van der Waals surface area (Å²) in [7, 11) is 0. The molecular weight excluding hydrogens is 202 g/mol. The second kappa shape index (κ2) is 3.34. The van der Waals surface area contributed by atoms with Crippen LogP contribution in [-0.2, 0) is 0 Å². The molecule has 0 bridgehead atoms. The summed E-state index contributed by atoms with van der Waals surface area (Å²) in [6, 6.07) is 14.1. The largest absolute Gasteiger partial charge is 0.404 e. The van der Waals surface area contributed by atoms with Crippen LogP contribution in [0.15, 0.2) is 46.9 Å². The topological polar surface area (TPSA) is 64.9 Å². The molecule has 4 heteroatoms. The first kappa shape index (κ1) is 8.91. The van der Waals surface area contributed by atoms with Crippen LogP contribution in [0.25, 0.3) is 22.2 Å². The van der Waals surface area contributed by atoms with Gasteiger partial charge in [-0.05, 0) is 22.9 Å². The molecule has 78 valence electrons. The molecule has 16 heavy (non-hydrogen) atoms. The Labute approximate surface area is 91.7 Å². The van der Waals surface area contributed by atoms with Gasteiger partial charge in [0.1, 0.15) is 0 Å². The molecule has 0 atom stereocenters. The summed E-state index contributed by atoms with van der Waals surface area (Å²) in [6.07, 6.45) is 0. The van der Waals surface area contributed by atoms with Crippen molar-refractivity contribution in [1.82, 2.24) is 10.2 Å². The van der Waals surface area contributed by atoms with Gasteiger partial charge in [-0.2, -0.15) is 0 Å². The fourth-order valence-corrected chi connectivity index (χ4v) is 1.67.